The monoisotopic (exact) mass is 478 g/mol. The van der Waals surface area contributed by atoms with Crippen LogP contribution in [0.25, 0.3) is 0 Å². The van der Waals surface area contributed by atoms with E-state index in [0.717, 1.165) is 43.6 Å². The Morgan fingerprint density at radius 2 is 1.76 bits per heavy atom. The highest BCUT2D eigenvalue weighted by Gasteiger charge is 2.28. The van der Waals surface area contributed by atoms with Crippen molar-refractivity contribution >= 4 is 45.6 Å². The van der Waals surface area contributed by atoms with Crippen molar-refractivity contribution in [2.45, 2.75) is 32.1 Å². The SMILES string of the molecule is I.NC(=NCCS(=O)(=O)N1CCc2ccccc21)N1CCCCCC1. The third kappa shape index (κ3) is 4.99. The maximum Gasteiger partial charge on any atom is 0.237 e. The summed E-state index contributed by atoms with van der Waals surface area (Å²) in [5.41, 5.74) is 7.94. The number of nitrogens with two attached hydrogens (primary N) is 1. The molecule has 1 saturated heterocycles. The van der Waals surface area contributed by atoms with Crippen LogP contribution in [0, 0.1) is 0 Å². The highest BCUT2D eigenvalue weighted by molar-refractivity contribution is 14.0. The molecule has 0 atom stereocenters. The summed E-state index contributed by atoms with van der Waals surface area (Å²) in [6, 6.07) is 7.68. The van der Waals surface area contributed by atoms with Crippen LogP contribution in [0.4, 0.5) is 5.69 Å². The van der Waals surface area contributed by atoms with Gasteiger partial charge in [-0.05, 0) is 30.9 Å². The molecule has 0 radical (unpaired) electrons. The molecule has 6 nitrogen and oxygen atoms in total. The Morgan fingerprint density at radius 1 is 1.08 bits per heavy atom. The minimum absolute atomic E-state index is 0. The number of fused-ring (bicyclic) bond motifs is 1. The van der Waals surface area contributed by atoms with Crippen molar-refractivity contribution < 1.29 is 8.42 Å². The molecule has 0 bridgehead atoms. The molecule has 2 aliphatic heterocycles. The highest BCUT2D eigenvalue weighted by atomic mass is 127. The van der Waals surface area contributed by atoms with E-state index in [1.165, 1.54) is 17.1 Å². The second-order valence-electron chi connectivity index (χ2n) is 6.41. The average Bonchev–Trinajstić information content (AvgIpc) is 2.82. The van der Waals surface area contributed by atoms with E-state index in [2.05, 4.69) is 9.89 Å². The summed E-state index contributed by atoms with van der Waals surface area (Å²) < 4.78 is 26.7. The topological polar surface area (TPSA) is 79.0 Å². The van der Waals surface area contributed by atoms with Crippen molar-refractivity contribution in [3.63, 3.8) is 0 Å². The molecule has 0 spiro atoms. The number of aliphatic imine (C=N–C) groups is 1. The second kappa shape index (κ2) is 9.07. The fraction of sp³-hybridized carbons (Fsp3) is 0.588. The van der Waals surface area contributed by atoms with Gasteiger partial charge in [-0.1, -0.05) is 31.0 Å². The van der Waals surface area contributed by atoms with Crippen molar-refractivity contribution in [2.24, 2.45) is 10.7 Å². The highest BCUT2D eigenvalue weighted by Crippen LogP contribution is 2.29. The molecule has 2 N–H and O–H groups in total. The van der Waals surface area contributed by atoms with Crippen LogP contribution in [0.15, 0.2) is 29.3 Å². The number of para-hydroxylation sites is 1. The molecular formula is C17H27IN4O2S. The number of nitrogens with zero attached hydrogens (tertiary/aromatic N) is 3. The summed E-state index contributed by atoms with van der Waals surface area (Å²) in [7, 11) is -3.35. The number of likely N-dealkylation sites (tertiary alicyclic amines) is 1. The average molecular weight is 478 g/mol. The summed E-state index contributed by atoms with van der Waals surface area (Å²) in [6.07, 6.45) is 5.48. The van der Waals surface area contributed by atoms with Gasteiger partial charge in [0.05, 0.1) is 18.0 Å². The minimum Gasteiger partial charge on any atom is -0.370 e. The number of hydrogen-bond donors (Lipinski definition) is 1. The summed E-state index contributed by atoms with van der Waals surface area (Å²) in [5, 5.41) is 0. The molecule has 140 valence electrons. The Balaban J connectivity index is 0.00000225. The van der Waals surface area contributed by atoms with Crippen molar-refractivity contribution in [1.29, 1.82) is 0 Å². The van der Waals surface area contributed by atoms with E-state index in [1.807, 2.05) is 24.3 Å². The van der Waals surface area contributed by atoms with Crippen molar-refractivity contribution in [1.82, 2.24) is 4.90 Å². The molecule has 8 heteroatoms. The fourth-order valence-electron chi connectivity index (χ4n) is 3.38. The summed E-state index contributed by atoms with van der Waals surface area (Å²) >= 11 is 0. The van der Waals surface area contributed by atoms with Crippen molar-refractivity contribution in [3.8, 4) is 0 Å². The van der Waals surface area contributed by atoms with Gasteiger partial charge < -0.3 is 10.6 Å². The van der Waals surface area contributed by atoms with Crippen LogP contribution in [-0.4, -0.2) is 51.2 Å². The Hall–Kier alpha value is -1.03. The molecule has 1 aromatic carbocycles. The van der Waals surface area contributed by atoms with E-state index in [9.17, 15) is 8.42 Å². The standard InChI is InChI=1S/C17H26N4O2S.HI/c18-17(20-11-5-1-2-6-12-20)19-10-14-24(22,23)21-13-9-15-7-3-4-8-16(15)21;/h3-4,7-8H,1-2,5-6,9-14H2,(H2,18,19);1H. The first-order valence-electron chi connectivity index (χ1n) is 8.71. The fourth-order valence-corrected chi connectivity index (χ4v) is 4.77. The van der Waals surface area contributed by atoms with Crippen LogP contribution in [0.5, 0.6) is 0 Å². The smallest absolute Gasteiger partial charge is 0.237 e. The number of halogens is 1. The number of benzene rings is 1. The Kier molecular flexibility index (Phi) is 7.36. The molecule has 0 aromatic heterocycles. The van der Waals surface area contributed by atoms with Gasteiger partial charge in [0.15, 0.2) is 5.96 Å². The number of anilines is 1. The zero-order valence-corrected chi connectivity index (χ0v) is 17.6. The number of sulfonamides is 1. The maximum absolute atomic E-state index is 12.6. The molecule has 0 saturated carbocycles. The summed E-state index contributed by atoms with van der Waals surface area (Å²) in [4.78, 5) is 6.39. The molecule has 2 heterocycles. The first kappa shape index (κ1) is 20.3. The van der Waals surface area contributed by atoms with Gasteiger partial charge >= 0.3 is 0 Å². The molecule has 0 amide bonds. The zero-order valence-electron chi connectivity index (χ0n) is 14.4. The molecule has 1 fully saturated rings. The van der Waals surface area contributed by atoms with Crippen LogP contribution in [-0.2, 0) is 16.4 Å². The molecule has 1 aromatic rings. The third-order valence-corrected chi connectivity index (χ3v) is 6.48. The third-order valence-electron chi connectivity index (χ3n) is 4.73. The van der Waals surface area contributed by atoms with Crippen LogP contribution in [0.2, 0.25) is 0 Å². The van der Waals surface area contributed by atoms with E-state index in [1.54, 1.807) is 0 Å². The lowest BCUT2D eigenvalue weighted by molar-refractivity contribution is 0.429. The number of rotatable bonds is 4. The van der Waals surface area contributed by atoms with Crippen molar-refractivity contribution in [3.05, 3.63) is 29.8 Å². The quantitative estimate of drug-likeness (QED) is 0.409. The van der Waals surface area contributed by atoms with Crippen molar-refractivity contribution in [2.75, 3.05) is 36.2 Å². The van der Waals surface area contributed by atoms with E-state index in [-0.39, 0.29) is 36.3 Å². The van der Waals surface area contributed by atoms with Gasteiger partial charge in [-0.3, -0.25) is 9.30 Å². The zero-order chi connectivity index (χ0) is 17.0. The molecular weight excluding hydrogens is 451 g/mol. The number of guanidine groups is 1. The van der Waals surface area contributed by atoms with Gasteiger partial charge in [0.1, 0.15) is 0 Å². The minimum atomic E-state index is -3.35. The van der Waals surface area contributed by atoms with Gasteiger partial charge in [0, 0.05) is 19.6 Å². The number of hydrogen-bond acceptors (Lipinski definition) is 3. The Bertz CT molecular complexity index is 700. The normalized spacial score (nSPS) is 18.5. The maximum atomic E-state index is 12.6. The van der Waals surface area contributed by atoms with E-state index >= 15 is 0 Å². The lowest BCUT2D eigenvalue weighted by atomic mass is 10.2. The molecule has 2 aliphatic rings. The predicted octanol–water partition coefficient (Wildman–Crippen LogP) is 2.19. The first-order valence-corrected chi connectivity index (χ1v) is 10.3. The molecule has 3 rings (SSSR count). The molecule has 0 aliphatic carbocycles. The Morgan fingerprint density at radius 3 is 2.48 bits per heavy atom. The van der Waals surface area contributed by atoms with Gasteiger partial charge in [-0.25, -0.2) is 8.42 Å². The Labute approximate surface area is 167 Å². The first-order chi connectivity index (χ1) is 11.6. The molecule has 25 heavy (non-hydrogen) atoms. The van der Waals surface area contributed by atoms with Gasteiger partial charge in [-0.15, -0.1) is 24.0 Å². The van der Waals surface area contributed by atoms with Crippen LogP contribution in [0.3, 0.4) is 0 Å². The van der Waals surface area contributed by atoms with Gasteiger partial charge in [0.25, 0.3) is 0 Å². The summed E-state index contributed by atoms with van der Waals surface area (Å²) in [6.45, 7) is 2.57. The van der Waals surface area contributed by atoms with Crippen LogP contribution in [0.1, 0.15) is 31.2 Å². The lowest BCUT2D eigenvalue weighted by Gasteiger charge is -2.22. The van der Waals surface area contributed by atoms with Gasteiger partial charge in [-0.2, -0.15) is 0 Å². The summed E-state index contributed by atoms with van der Waals surface area (Å²) in [5.74, 6) is 0.476. The van der Waals surface area contributed by atoms with Gasteiger partial charge in [0.2, 0.25) is 10.0 Å². The van der Waals surface area contributed by atoms with E-state index in [4.69, 9.17) is 5.73 Å². The molecule has 0 unspecified atom stereocenters. The van der Waals surface area contributed by atoms with Crippen LogP contribution < -0.4 is 10.0 Å². The predicted molar refractivity (Wildman–Crippen MR) is 113 cm³/mol. The second-order valence-corrected chi connectivity index (χ2v) is 8.42. The van der Waals surface area contributed by atoms with E-state index in [0.29, 0.717) is 12.5 Å². The largest absolute Gasteiger partial charge is 0.370 e. The van der Waals surface area contributed by atoms with Crippen LogP contribution >= 0.6 is 24.0 Å². The lowest BCUT2D eigenvalue weighted by Crippen LogP contribution is -2.39. The van der Waals surface area contributed by atoms with E-state index < -0.39 is 10.0 Å².